The van der Waals surface area contributed by atoms with Gasteiger partial charge in [0.2, 0.25) is 5.90 Å². The maximum Gasteiger partial charge on any atom is 0.417 e. The van der Waals surface area contributed by atoms with Crippen molar-refractivity contribution in [3.05, 3.63) is 29.6 Å². The molecule has 19 heavy (non-hydrogen) atoms. The first kappa shape index (κ1) is 13.8. The summed E-state index contributed by atoms with van der Waals surface area (Å²) in [6.07, 6.45) is -2.59. The van der Waals surface area contributed by atoms with Crippen LogP contribution in [-0.4, -0.2) is 23.5 Å². The van der Waals surface area contributed by atoms with E-state index in [-0.39, 0.29) is 6.04 Å². The van der Waals surface area contributed by atoms with E-state index in [4.69, 9.17) is 4.74 Å². The van der Waals surface area contributed by atoms with Crippen LogP contribution < -0.4 is 0 Å². The van der Waals surface area contributed by atoms with E-state index in [0.717, 1.165) is 18.7 Å². The lowest BCUT2D eigenvalue weighted by molar-refractivity contribution is -0.137. The average Bonchev–Trinajstić information content (AvgIpc) is 2.86. The number of ether oxygens (including phenoxy) is 1. The first-order chi connectivity index (χ1) is 8.91. The SMILES string of the molecule is CCC(C)C1COC(c2ccc(C(F)(F)F)cn2)=N1. The summed E-state index contributed by atoms with van der Waals surface area (Å²) in [6.45, 7) is 4.60. The number of hydrogen-bond donors (Lipinski definition) is 0. The molecule has 0 amide bonds. The van der Waals surface area contributed by atoms with E-state index < -0.39 is 11.7 Å². The average molecular weight is 272 g/mol. The van der Waals surface area contributed by atoms with E-state index in [1.54, 1.807) is 0 Å². The van der Waals surface area contributed by atoms with E-state index in [1.165, 1.54) is 6.07 Å². The molecule has 6 heteroatoms. The van der Waals surface area contributed by atoms with E-state index in [0.29, 0.717) is 24.1 Å². The summed E-state index contributed by atoms with van der Waals surface area (Å²) in [5, 5.41) is 0. The second kappa shape index (κ2) is 5.19. The van der Waals surface area contributed by atoms with E-state index in [1.807, 2.05) is 0 Å². The summed E-state index contributed by atoms with van der Waals surface area (Å²) >= 11 is 0. The second-order valence-corrected chi connectivity index (χ2v) is 4.63. The lowest BCUT2D eigenvalue weighted by Gasteiger charge is -2.11. The van der Waals surface area contributed by atoms with Crippen molar-refractivity contribution in [1.82, 2.24) is 4.98 Å². The predicted octanol–water partition coefficient (Wildman–Crippen LogP) is 3.29. The summed E-state index contributed by atoms with van der Waals surface area (Å²) in [6, 6.07) is 2.34. The molecule has 2 unspecified atom stereocenters. The molecule has 0 radical (unpaired) electrons. The van der Waals surface area contributed by atoms with Gasteiger partial charge in [0.25, 0.3) is 0 Å². The molecule has 1 aliphatic rings. The van der Waals surface area contributed by atoms with E-state index in [2.05, 4.69) is 23.8 Å². The van der Waals surface area contributed by atoms with Gasteiger partial charge in [0.05, 0.1) is 11.6 Å². The zero-order valence-electron chi connectivity index (χ0n) is 10.7. The quantitative estimate of drug-likeness (QED) is 0.846. The number of rotatable bonds is 3. The molecule has 0 N–H and O–H groups in total. The number of alkyl halides is 3. The fourth-order valence-electron chi connectivity index (χ4n) is 1.78. The monoisotopic (exact) mass is 272 g/mol. The molecule has 104 valence electrons. The molecule has 0 saturated carbocycles. The first-order valence-electron chi connectivity index (χ1n) is 6.16. The van der Waals surface area contributed by atoms with Gasteiger partial charge in [-0.15, -0.1) is 0 Å². The van der Waals surface area contributed by atoms with Crippen molar-refractivity contribution in [2.24, 2.45) is 10.9 Å². The van der Waals surface area contributed by atoms with Crippen molar-refractivity contribution >= 4 is 5.90 Å². The summed E-state index contributed by atoms with van der Waals surface area (Å²) in [4.78, 5) is 8.14. The molecule has 1 aliphatic heterocycles. The minimum atomic E-state index is -4.37. The van der Waals surface area contributed by atoms with Gasteiger partial charge in [-0.05, 0) is 18.1 Å². The number of hydrogen-bond acceptors (Lipinski definition) is 3. The Hall–Kier alpha value is -1.59. The Morgan fingerprint density at radius 1 is 1.42 bits per heavy atom. The van der Waals surface area contributed by atoms with Crippen molar-refractivity contribution in [2.75, 3.05) is 6.61 Å². The smallest absolute Gasteiger partial charge is 0.417 e. The predicted molar refractivity (Wildman–Crippen MR) is 65.0 cm³/mol. The molecule has 0 aromatic carbocycles. The lowest BCUT2D eigenvalue weighted by Crippen LogP contribution is -2.16. The van der Waals surface area contributed by atoms with Crippen molar-refractivity contribution in [3.8, 4) is 0 Å². The minimum absolute atomic E-state index is 0.0593. The molecule has 3 nitrogen and oxygen atoms in total. The number of nitrogens with zero attached hydrogens (tertiary/aromatic N) is 2. The highest BCUT2D eigenvalue weighted by Gasteiger charge is 2.31. The third kappa shape index (κ3) is 3.05. The lowest BCUT2D eigenvalue weighted by atomic mass is 10.0. The van der Waals surface area contributed by atoms with E-state index >= 15 is 0 Å². The maximum atomic E-state index is 12.4. The normalized spacial score (nSPS) is 20.9. The molecule has 0 fully saturated rings. The molecule has 1 aromatic rings. The fourth-order valence-corrected chi connectivity index (χ4v) is 1.78. The molecule has 1 aromatic heterocycles. The van der Waals surface area contributed by atoms with Gasteiger partial charge in [-0.3, -0.25) is 4.98 Å². The van der Waals surface area contributed by atoms with Crippen molar-refractivity contribution in [1.29, 1.82) is 0 Å². The highest BCUT2D eigenvalue weighted by Crippen LogP contribution is 2.28. The van der Waals surface area contributed by atoms with Crippen LogP contribution in [0.2, 0.25) is 0 Å². The molecule has 0 bridgehead atoms. The molecular formula is C13H15F3N2O. The summed E-state index contributed by atoms with van der Waals surface area (Å²) < 4.78 is 42.6. The van der Waals surface area contributed by atoms with Gasteiger partial charge in [0, 0.05) is 6.20 Å². The van der Waals surface area contributed by atoms with Crippen LogP contribution in [-0.2, 0) is 10.9 Å². The maximum absolute atomic E-state index is 12.4. The minimum Gasteiger partial charge on any atom is -0.474 e. The van der Waals surface area contributed by atoms with Gasteiger partial charge in [-0.25, -0.2) is 4.99 Å². The highest BCUT2D eigenvalue weighted by atomic mass is 19.4. The zero-order valence-corrected chi connectivity index (χ0v) is 10.7. The Morgan fingerprint density at radius 3 is 2.68 bits per heavy atom. The summed E-state index contributed by atoms with van der Waals surface area (Å²) in [7, 11) is 0. The van der Waals surface area contributed by atoms with Crippen LogP contribution in [0.25, 0.3) is 0 Å². The number of pyridine rings is 1. The van der Waals surface area contributed by atoms with Crippen molar-refractivity contribution in [3.63, 3.8) is 0 Å². The second-order valence-electron chi connectivity index (χ2n) is 4.63. The van der Waals surface area contributed by atoms with Gasteiger partial charge in [0.15, 0.2) is 0 Å². The van der Waals surface area contributed by atoms with Crippen molar-refractivity contribution in [2.45, 2.75) is 32.5 Å². The van der Waals surface area contributed by atoms with Crippen LogP contribution in [0.15, 0.2) is 23.3 Å². The number of aromatic nitrogens is 1. The highest BCUT2D eigenvalue weighted by molar-refractivity contribution is 5.93. The van der Waals surface area contributed by atoms with Crippen LogP contribution in [0.1, 0.15) is 31.5 Å². The topological polar surface area (TPSA) is 34.5 Å². The zero-order chi connectivity index (χ0) is 14.0. The third-order valence-corrected chi connectivity index (χ3v) is 3.28. The third-order valence-electron chi connectivity index (χ3n) is 3.28. The number of halogens is 3. The molecule has 0 saturated heterocycles. The largest absolute Gasteiger partial charge is 0.474 e. The van der Waals surface area contributed by atoms with Crippen LogP contribution in [0.5, 0.6) is 0 Å². The first-order valence-corrected chi connectivity index (χ1v) is 6.16. The molecule has 2 atom stereocenters. The van der Waals surface area contributed by atoms with Gasteiger partial charge < -0.3 is 4.74 Å². The summed E-state index contributed by atoms with van der Waals surface area (Å²) in [5.41, 5.74) is -0.424. The van der Waals surface area contributed by atoms with Crippen molar-refractivity contribution < 1.29 is 17.9 Å². The Kier molecular flexibility index (Phi) is 3.78. The Bertz CT molecular complexity index is 468. The summed E-state index contributed by atoms with van der Waals surface area (Å²) in [5.74, 6) is 0.714. The number of aliphatic imine (C=N–C) groups is 1. The van der Waals surface area contributed by atoms with Crippen LogP contribution in [0, 0.1) is 5.92 Å². The van der Waals surface area contributed by atoms with Gasteiger partial charge in [-0.2, -0.15) is 13.2 Å². The molecule has 0 spiro atoms. The van der Waals surface area contributed by atoms with Gasteiger partial charge in [0.1, 0.15) is 12.3 Å². The van der Waals surface area contributed by atoms with Crippen LogP contribution >= 0.6 is 0 Å². The Balaban J connectivity index is 2.16. The molecular weight excluding hydrogens is 257 g/mol. The van der Waals surface area contributed by atoms with Gasteiger partial charge in [-0.1, -0.05) is 20.3 Å². The molecule has 2 heterocycles. The van der Waals surface area contributed by atoms with Crippen LogP contribution in [0.4, 0.5) is 13.2 Å². The van der Waals surface area contributed by atoms with E-state index in [9.17, 15) is 13.2 Å². The van der Waals surface area contributed by atoms with Crippen LogP contribution in [0.3, 0.4) is 0 Å². The Labute approximate surface area is 109 Å². The fraction of sp³-hybridized carbons (Fsp3) is 0.538. The molecule has 0 aliphatic carbocycles. The van der Waals surface area contributed by atoms with Gasteiger partial charge >= 0.3 is 6.18 Å². The Morgan fingerprint density at radius 2 is 2.16 bits per heavy atom. The molecule has 2 rings (SSSR count). The standard InChI is InChI=1S/C13H15F3N2O/c1-3-8(2)11-7-19-12(18-11)10-5-4-9(6-17-10)13(14,15)16/h4-6,8,11H,3,7H2,1-2H3.